The van der Waals surface area contributed by atoms with Crippen molar-refractivity contribution in [2.45, 2.75) is 32.1 Å². The van der Waals surface area contributed by atoms with E-state index in [2.05, 4.69) is 40.1 Å². The molecule has 1 spiro atoms. The Bertz CT molecular complexity index is 462. The maximum atomic E-state index is 10.8. The van der Waals surface area contributed by atoms with Crippen molar-refractivity contribution in [3.05, 3.63) is 30.3 Å². The van der Waals surface area contributed by atoms with Gasteiger partial charge in [0.15, 0.2) is 0 Å². The lowest BCUT2D eigenvalue weighted by molar-refractivity contribution is -0.109. The SMILES string of the molecule is O=CCN1CCCC2(CCCN(c3ccccc3)CC2)C1. The van der Waals surface area contributed by atoms with Crippen molar-refractivity contribution in [1.29, 1.82) is 0 Å². The van der Waals surface area contributed by atoms with E-state index in [1.807, 2.05) is 0 Å². The molecule has 21 heavy (non-hydrogen) atoms. The van der Waals surface area contributed by atoms with Gasteiger partial charge in [0, 0.05) is 25.3 Å². The molecule has 1 aromatic rings. The minimum Gasteiger partial charge on any atom is -0.372 e. The Kier molecular flexibility index (Phi) is 4.59. The van der Waals surface area contributed by atoms with E-state index in [1.54, 1.807) is 0 Å². The summed E-state index contributed by atoms with van der Waals surface area (Å²) in [5.41, 5.74) is 1.81. The van der Waals surface area contributed by atoms with Crippen LogP contribution in [0.3, 0.4) is 0 Å². The average Bonchev–Trinajstić information content (AvgIpc) is 2.72. The second-order valence-electron chi connectivity index (χ2n) is 6.68. The molecule has 2 aliphatic rings. The number of anilines is 1. The van der Waals surface area contributed by atoms with Crippen LogP contribution in [0.25, 0.3) is 0 Å². The molecule has 0 bridgehead atoms. The number of likely N-dealkylation sites (tertiary alicyclic amines) is 1. The van der Waals surface area contributed by atoms with E-state index >= 15 is 0 Å². The summed E-state index contributed by atoms with van der Waals surface area (Å²) in [4.78, 5) is 15.7. The van der Waals surface area contributed by atoms with Crippen LogP contribution in [0.5, 0.6) is 0 Å². The van der Waals surface area contributed by atoms with Gasteiger partial charge >= 0.3 is 0 Å². The number of carbonyl (C=O) groups is 1. The van der Waals surface area contributed by atoms with Crippen molar-refractivity contribution in [3.63, 3.8) is 0 Å². The molecule has 114 valence electrons. The first-order chi connectivity index (χ1) is 10.3. The van der Waals surface area contributed by atoms with E-state index in [0.29, 0.717) is 12.0 Å². The third kappa shape index (κ3) is 3.46. The van der Waals surface area contributed by atoms with Crippen LogP contribution >= 0.6 is 0 Å². The highest BCUT2D eigenvalue weighted by atomic mass is 16.1. The van der Waals surface area contributed by atoms with Gasteiger partial charge in [0.25, 0.3) is 0 Å². The molecule has 2 saturated heterocycles. The lowest BCUT2D eigenvalue weighted by Crippen LogP contribution is -2.44. The fraction of sp³-hybridized carbons (Fsp3) is 0.611. The van der Waals surface area contributed by atoms with Gasteiger partial charge in [0.1, 0.15) is 6.29 Å². The third-order valence-corrected chi connectivity index (χ3v) is 5.24. The number of para-hydroxylation sites is 1. The average molecular weight is 286 g/mol. The summed E-state index contributed by atoms with van der Waals surface area (Å²) in [6.07, 6.45) is 7.49. The first-order valence-corrected chi connectivity index (χ1v) is 8.27. The Morgan fingerprint density at radius 1 is 1.00 bits per heavy atom. The van der Waals surface area contributed by atoms with E-state index in [-0.39, 0.29) is 0 Å². The highest BCUT2D eigenvalue weighted by Gasteiger charge is 2.36. The first-order valence-electron chi connectivity index (χ1n) is 8.27. The zero-order valence-electron chi connectivity index (χ0n) is 12.8. The lowest BCUT2D eigenvalue weighted by atomic mass is 9.74. The molecule has 0 N–H and O–H groups in total. The van der Waals surface area contributed by atoms with Crippen LogP contribution in [0.15, 0.2) is 30.3 Å². The van der Waals surface area contributed by atoms with Gasteiger partial charge in [-0.2, -0.15) is 0 Å². The van der Waals surface area contributed by atoms with Crippen LogP contribution in [0.1, 0.15) is 32.1 Å². The molecule has 3 nitrogen and oxygen atoms in total. The molecule has 0 aliphatic carbocycles. The molecule has 3 rings (SSSR count). The number of hydrogen-bond acceptors (Lipinski definition) is 3. The van der Waals surface area contributed by atoms with Crippen LogP contribution < -0.4 is 4.90 Å². The lowest BCUT2D eigenvalue weighted by Gasteiger charge is -2.42. The van der Waals surface area contributed by atoms with E-state index in [9.17, 15) is 4.79 Å². The predicted octanol–water partition coefficient (Wildman–Crippen LogP) is 2.96. The standard InChI is InChI=1S/C18H26N2O/c21-15-14-19-11-4-8-18(16-19)9-5-12-20(13-10-18)17-6-2-1-3-7-17/h1-3,6-7,15H,4-5,8-14,16H2. The summed E-state index contributed by atoms with van der Waals surface area (Å²) < 4.78 is 0. The molecule has 2 fully saturated rings. The van der Waals surface area contributed by atoms with Crippen molar-refractivity contribution >= 4 is 12.0 Å². The molecule has 1 atom stereocenters. The van der Waals surface area contributed by atoms with Gasteiger partial charge in [-0.25, -0.2) is 0 Å². The zero-order valence-corrected chi connectivity index (χ0v) is 12.8. The Labute approximate surface area is 127 Å². The summed E-state index contributed by atoms with van der Waals surface area (Å²) >= 11 is 0. The fourth-order valence-electron chi connectivity index (χ4n) is 4.13. The summed E-state index contributed by atoms with van der Waals surface area (Å²) in [6, 6.07) is 10.8. The van der Waals surface area contributed by atoms with Crippen molar-refractivity contribution in [3.8, 4) is 0 Å². The van der Waals surface area contributed by atoms with Gasteiger partial charge in [-0.1, -0.05) is 18.2 Å². The van der Waals surface area contributed by atoms with Crippen molar-refractivity contribution in [1.82, 2.24) is 4.90 Å². The van der Waals surface area contributed by atoms with Gasteiger partial charge < -0.3 is 9.69 Å². The third-order valence-electron chi connectivity index (χ3n) is 5.24. The van der Waals surface area contributed by atoms with Gasteiger partial charge in [-0.05, 0) is 56.2 Å². The smallest absolute Gasteiger partial charge is 0.133 e. The highest BCUT2D eigenvalue weighted by molar-refractivity contribution is 5.52. The van der Waals surface area contributed by atoms with Crippen LogP contribution in [0, 0.1) is 5.41 Å². The summed E-state index contributed by atoms with van der Waals surface area (Å²) in [7, 11) is 0. The van der Waals surface area contributed by atoms with Crippen LogP contribution in [-0.4, -0.2) is 43.9 Å². The van der Waals surface area contributed by atoms with Gasteiger partial charge in [-0.15, -0.1) is 0 Å². The minimum absolute atomic E-state index is 0.449. The molecular weight excluding hydrogens is 260 g/mol. The first kappa shape index (κ1) is 14.6. The monoisotopic (exact) mass is 286 g/mol. The predicted molar refractivity (Wildman–Crippen MR) is 86.7 cm³/mol. The Balaban J connectivity index is 1.66. The Morgan fingerprint density at radius 2 is 1.76 bits per heavy atom. The van der Waals surface area contributed by atoms with Crippen LogP contribution in [0.2, 0.25) is 0 Å². The molecule has 2 heterocycles. The number of rotatable bonds is 3. The maximum absolute atomic E-state index is 10.8. The summed E-state index contributed by atoms with van der Waals surface area (Å²) in [5.74, 6) is 0. The minimum atomic E-state index is 0.449. The van der Waals surface area contributed by atoms with Crippen LogP contribution in [-0.2, 0) is 4.79 Å². The largest absolute Gasteiger partial charge is 0.372 e. The number of aldehydes is 1. The number of benzene rings is 1. The van der Waals surface area contributed by atoms with E-state index in [4.69, 9.17) is 0 Å². The van der Waals surface area contributed by atoms with Crippen molar-refractivity contribution in [2.75, 3.05) is 37.6 Å². The molecule has 2 aliphatic heterocycles. The van der Waals surface area contributed by atoms with Gasteiger partial charge in [0.2, 0.25) is 0 Å². The Hall–Kier alpha value is -1.35. The highest BCUT2D eigenvalue weighted by Crippen LogP contribution is 2.40. The molecule has 0 radical (unpaired) electrons. The number of hydrogen-bond donors (Lipinski definition) is 0. The quantitative estimate of drug-likeness (QED) is 0.798. The zero-order chi connectivity index (χ0) is 14.5. The number of piperidine rings is 1. The topological polar surface area (TPSA) is 23.6 Å². The fourth-order valence-corrected chi connectivity index (χ4v) is 4.13. The second kappa shape index (κ2) is 6.61. The van der Waals surface area contributed by atoms with Gasteiger partial charge in [-0.3, -0.25) is 4.90 Å². The van der Waals surface area contributed by atoms with E-state index in [1.165, 1.54) is 44.3 Å². The number of nitrogens with zero attached hydrogens (tertiary/aromatic N) is 2. The molecule has 0 amide bonds. The van der Waals surface area contributed by atoms with Crippen molar-refractivity contribution < 1.29 is 4.79 Å². The Morgan fingerprint density at radius 3 is 2.52 bits per heavy atom. The molecule has 0 aromatic heterocycles. The van der Waals surface area contributed by atoms with Crippen molar-refractivity contribution in [2.24, 2.45) is 5.41 Å². The second-order valence-corrected chi connectivity index (χ2v) is 6.68. The number of carbonyl (C=O) groups excluding carboxylic acids is 1. The molecule has 1 aromatic carbocycles. The van der Waals surface area contributed by atoms with Gasteiger partial charge in [0.05, 0.1) is 6.54 Å². The summed E-state index contributed by atoms with van der Waals surface area (Å²) in [5, 5.41) is 0. The van der Waals surface area contributed by atoms with E-state index in [0.717, 1.165) is 25.9 Å². The summed E-state index contributed by atoms with van der Waals surface area (Å²) in [6.45, 7) is 5.15. The molecule has 3 heteroatoms. The maximum Gasteiger partial charge on any atom is 0.133 e. The molecular formula is C18H26N2O. The molecule has 0 saturated carbocycles. The normalized spacial score (nSPS) is 27.5. The van der Waals surface area contributed by atoms with E-state index < -0.39 is 0 Å². The van der Waals surface area contributed by atoms with Crippen LogP contribution in [0.4, 0.5) is 5.69 Å². The molecule has 1 unspecified atom stereocenters.